The maximum absolute atomic E-state index is 11.6. The third-order valence-electron chi connectivity index (χ3n) is 2.78. The Labute approximate surface area is 91.5 Å². The lowest BCUT2D eigenvalue weighted by molar-refractivity contribution is 0.444. The van der Waals surface area contributed by atoms with E-state index in [9.17, 15) is 8.42 Å². The zero-order chi connectivity index (χ0) is 10.8. The molecule has 5 heteroatoms. The fourth-order valence-electron chi connectivity index (χ4n) is 1.49. The van der Waals surface area contributed by atoms with E-state index in [2.05, 4.69) is 6.92 Å². The molecule has 3 nitrogen and oxygen atoms in total. The molecule has 0 bridgehead atoms. The smallest absolute Gasteiger partial charge is 0.212 e. The second-order valence-electron chi connectivity index (χ2n) is 4.11. The summed E-state index contributed by atoms with van der Waals surface area (Å²) in [5.74, 6) is 1.85. The Hall–Kier alpha value is 0.200. The molecule has 0 amide bonds. The largest absolute Gasteiger partial charge is 0.213 e. The molecule has 0 saturated heterocycles. The van der Waals surface area contributed by atoms with Crippen molar-refractivity contribution < 1.29 is 8.42 Å². The first-order valence-electron chi connectivity index (χ1n) is 4.97. The number of alkyl halides is 1. The Morgan fingerprint density at radius 1 is 1.50 bits per heavy atom. The molecule has 0 spiro atoms. The molecule has 84 valence electrons. The number of hydrogen-bond acceptors (Lipinski definition) is 2. The lowest BCUT2D eigenvalue weighted by Gasteiger charge is -2.16. The lowest BCUT2D eigenvalue weighted by Crippen LogP contribution is -2.31. The first-order valence-corrected chi connectivity index (χ1v) is 7.11. The summed E-state index contributed by atoms with van der Waals surface area (Å²) in [6, 6.07) is 0. The van der Waals surface area contributed by atoms with E-state index in [4.69, 9.17) is 11.6 Å². The van der Waals surface area contributed by atoms with Crippen molar-refractivity contribution in [3.63, 3.8) is 0 Å². The van der Waals surface area contributed by atoms with Crippen LogP contribution in [-0.2, 0) is 10.0 Å². The average Bonchev–Trinajstić information content (AvgIpc) is 2.78. The molecule has 1 aliphatic rings. The van der Waals surface area contributed by atoms with E-state index in [0.717, 1.165) is 6.42 Å². The Morgan fingerprint density at radius 3 is 2.50 bits per heavy atom. The summed E-state index contributed by atoms with van der Waals surface area (Å²) in [7, 11) is -1.39. The highest BCUT2D eigenvalue weighted by Gasteiger charge is 2.35. The van der Waals surface area contributed by atoms with Crippen LogP contribution in [0.4, 0.5) is 0 Å². The minimum absolute atomic E-state index is 0.175. The van der Waals surface area contributed by atoms with Crippen molar-refractivity contribution in [2.75, 3.05) is 25.2 Å². The maximum atomic E-state index is 11.6. The van der Waals surface area contributed by atoms with Crippen molar-refractivity contribution >= 4 is 21.6 Å². The van der Waals surface area contributed by atoms with Crippen molar-refractivity contribution in [1.29, 1.82) is 0 Å². The van der Waals surface area contributed by atoms with Crippen molar-refractivity contribution in [3.05, 3.63) is 0 Å². The highest BCUT2D eigenvalue weighted by Crippen LogP contribution is 2.38. The van der Waals surface area contributed by atoms with E-state index in [1.54, 1.807) is 7.05 Å². The molecule has 0 aromatic carbocycles. The van der Waals surface area contributed by atoms with Crippen molar-refractivity contribution in [2.24, 2.45) is 11.8 Å². The van der Waals surface area contributed by atoms with E-state index in [1.165, 1.54) is 4.31 Å². The predicted octanol–water partition coefficient (Wildman–Crippen LogP) is 1.53. The fraction of sp³-hybridized carbons (Fsp3) is 1.00. The molecule has 1 fully saturated rings. The van der Waals surface area contributed by atoms with Crippen molar-refractivity contribution in [1.82, 2.24) is 4.31 Å². The van der Waals surface area contributed by atoms with Gasteiger partial charge >= 0.3 is 0 Å². The number of rotatable bonds is 6. The summed E-state index contributed by atoms with van der Waals surface area (Å²) in [5.41, 5.74) is 0. The van der Waals surface area contributed by atoms with Gasteiger partial charge in [-0.25, -0.2) is 12.7 Å². The van der Waals surface area contributed by atoms with Gasteiger partial charge in [0, 0.05) is 19.5 Å². The molecular weight excluding hydrogens is 222 g/mol. The van der Waals surface area contributed by atoms with Crippen LogP contribution in [0.5, 0.6) is 0 Å². The van der Waals surface area contributed by atoms with Crippen molar-refractivity contribution in [3.8, 4) is 0 Å². The molecule has 14 heavy (non-hydrogen) atoms. The van der Waals surface area contributed by atoms with Gasteiger partial charge in [-0.2, -0.15) is 0 Å². The first-order chi connectivity index (χ1) is 6.47. The Morgan fingerprint density at radius 2 is 2.07 bits per heavy atom. The highest BCUT2D eigenvalue weighted by molar-refractivity contribution is 7.89. The third-order valence-corrected chi connectivity index (χ3v) is 4.95. The average molecular weight is 240 g/mol. The minimum atomic E-state index is -3.05. The quantitative estimate of drug-likeness (QED) is 0.660. The molecule has 0 N–H and O–H groups in total. The van der Waals surface area contributed by atoms with E-state index < -0.39 is 10.0 Å². The van der Waals surface area contributed by atoms with Crippen LogP contribution in [0.25, 0.3) is 0 Å². The molecule has 0 heterocycles. The molecule has 0 aromatic rings. The summed E-state index contributed by atoms with van der Waals surface area (Å²) < 4.78 is 24.7. The summed E-state index contributed by atoms with van der Waals surface area (Å²) in [6.45, 7) is 2.83. The highest BCUT2D eigenvalue weighted by atomic mass is 35.5. The van der Waals surface area contributed by atoms with Gasteiger partial charge < -0.3 is 0 Å². The van der Waals surface area contributed by atoms with Gasteiger partial charge in [0.15, 0.2) is 0 Å². The van der Waals surface area contributed by atoms with Gasteiger partial charge in [0.1, 0.15) is 0 Å². The van der Waals surface area contributed by atoms with Crippen LogP contribution in [0.3, 0.4) is 0 Å². The van der Waals surface area contributed by atoms with Crippen LogP contribution in [0.1, 0.15) is 19.8 Å². The van der Waals surface area contributed by atoms with Gasteiger partial charge in [0.05, 0.1) is 5.75 Å². The summed E-state index contributed by atoms with van der Waals surface area (Å²) >= 11 is 5.47. The SMILES string of the molecule is CC1CC1CN(C)S(=O)(=O)CCCCl. The van der Waals surface area contributed by atoms with Crippen LogP contribution in [-0.4, -0.2) is 37.9 Å². The van der Waals surface area contributed by atoms with E-state index in [-0.39, 0.29) is 5.75 Å². The molecule has 1 aliphatic carbocycles. The number of nitrogens with zero attached hydrogens (tertiary/aromatic N) is 1. The lowest BCUT2D eigenvalue weighted by atomic mass is 10.3. The van der Waals surface area contributed by atoms with Gasteiger partial charge in [-0.3, -0.25) is 0 Å². The van der Waals surface area contributed by atoms with E-state index in [0.29, 0.717) is 30.7 Å². The topological polar surface area (TPSA) is 37.4 Å². The van der Waals surface area contributed by atoms with Crippen LogP contribution < -0.4 is 0 Å². The fourth-order valence-corrected chi connectivity index (χ4v) is 3.02. The predicted molar refractivity (Wildman–Crippen MR) is 59.0 cm³/mol. The molecular formula is C9H18ClNO2S. The number of halogens is 1. The third kappa shape index (κ3) is 3.41. The van der Waals surface area contributed by atoms with Gasteiger partial charge in [-0.05, 0) is 24.7 Å². The first kappa shape index (κ1) is 12.3. The monoisotopic (exact) mass is 239 g/mol. The molecule has 1 saturated carbocycles. The summed E-state index contributed by atoms with van der Waals surface area (Å²) in [6.07, 6.45) is 1.70. The van der Waals surface area contributed by atoms with E-state index >= 15 is 0 Å². The Kier molecular flexibility index (Phi) is 4.22. The van der Waals surface area contributed by atoms with Crippen molar-refractivity contribution in [2.45, 2.75) is 19.8 Å². The summed E-state index contributed by atoms with van der Waals surface area (Å²) in [5, 5.41) is 0. The van der Waals surface area contributed by atoms with E-state index in [1.807, 2.05) is 0 Å². The second kappa shape index (κ2) is 4.81. The zero-order valence-corrected chi connectivity index (χ0v) is 10.3. The normalized spacial score (nSPS) is 26.9. The Bertz CT molecular complexity index is 279. The maximum Gasteiger partial charge on any atom is 0.213 e. The van der Waals surface area contributed by atoms with Crippen LogP contribution >= 0.6 is 11.6 Å². The Balaban J connectivity index is 2.37. The molecule has 0 radical (unpaired) electrons. The molecule has 0 aliphatic heterocycles. The van der Waals surface area contributed by atoms with Gasteiger partial charge in [-0.15, -0.1) is 11.6 Å². The molecule has 2 atom stereocenters. The van der Waals surface area contributed by atoms with Crippen LogP contribution in [0.15, 0.2) is 0 Å². The molecule has 1 rings (SSSR count). The number of hydrogen-bond donors (Lipinski definition) is 0. The zero-order valence-electron chi connectivity index (χ0n) is 8.74. The van der Waals surface area contributed by atoms with Crippen LogP contribution in [0, 0.1) is 11.8 Å². The second-order valence-corrected chi connectivity index (χ2v) is 6.69. The minimum Gasteiger partial charge on any atom is -0.212 e. The number of sulfonamides is 1. The van der Waals surface area contributed by atoms with Crippen LogP contribution in [0.2, 0.25) is 0 Å². The van der Waals surface area contributed by atoms with Gasteiger partial charge in [0.25, 0.3) is 0 Å². The summed E-state index contributed by atoms with van der Waals surface area (Å²) in [4.78, 5) is 0. The molecule has 2 unspecified atom stereocenters. The van der Waals surface area contributed by atoms with Gasteiger partial charge in [0.2, 0.25) is 10.0 Å². The standard InChI is InChI=1S/C9H18ClNO2S/c1-8-6-9(8)7-11(2)14(12,13)5-3-4-10/h8-9H,3-7H2,1-2H3. The molecule has 0 aromatic heterocycles. The van der Waals surface area contributed by atoms with Gasteiger partial charge in [-0.1, -0.05) is 6.92 Å².